The molecule has 3 heteroatoms. The second-order valence-corrected chi connectivity index (χ2v) is 5.42. The molecule has 0 aromatic carbocycles. The summed E-state index contributed by atoms with van der Waals surface area (Å²) in [6.45, 7) is 9.74. The number of carbonyl (C=O) groups is 1. The summed E-state index contributed by atoms with van der Waals surface area (Å²) >= 11 is 0. The van der Waals surface area contributed by atoms with Gasteiger partial charge in [0.05, 0.1) is 6.61 Å². The van der Waals surface area contributed by atoms with Gasteiger partial charge in [-0.15, -0.1) is 0 Å². The average molecular weight is 240 g/mol. The molecule has 1 rings (SSSR count). The maximum Gasteiger partial charge on any atom is 0.409 e. The van der Waals surface area contributed by atoms with E-state index >= 15 is 0 Å². The zero-order valence-electron chi connectivity index (χ0n) is 11.3. The van der Waals surface area contributed by atoms with Gasteiger partial charge in [-0.25, -0.2) is 4.79 Å². The first kappa shape index (κ1) is 14.3. The highest BCUT2D eigenvalue weighted by Crippen LogP contribution is 2.24. The molecule has 17 heavy (non-hydrogen) atoms. The topological polar surface area (TPSA) is 29.5 Å². The Morgan fingerprint density at radius 2 is 2.00 bits per heavy atom. The molecular formula is C14H26NO2. The van der Waals surface area contributed by atoms with Crippen LogP contribution >= 0.6 is 0 Å². The van der Waals surface area contributed by atoms with Gasteiger partial charge in [-0.3, -0.25) is 0 Å². The maximum atomic E-state index is 11.8. The van der Waals surface area contributed by atoms with Gasteiger partial charge in [-0.05, 0) is 31.6 Å². The van der Waals surface area contributed by atoms with Crippen LogP contribution in [0.5, 0.6) is 0 Å². The van der Waals surface area contributed by atoms with Crippen molar-refractivity contribution in [3.05, 3.63) is 6.92 Å². The van der Waals surface area contributed by atoms with Crippen LogP contribution in [0.15, 0.2) is 0 Å². The molecule has 1 aliphatic carbocycles. The fourth-order valence-electron chi connectivity index (χ4n) is 2.27. The number of carbonyl (C=O) groups excluding carboxylic acids is 1. The standard InChI is InChI=1S/C14H26NO2/c1-4-15(14(16)17-11-12(2)3)10-13-8-6-5-7-9-13/h12-13H,1,4-11H2,2-3H3. The molecule has 1 amide bonds. The highest BCUT2D eigenvalue weighted by molar-refractivity contribution is 5.67. The molecule has 0 aromatic heterocycles. The summed E-state index contributed by atoms with van der Waals surface area (Å²) in [5, 5.41) is 0. The minimum atomic E-state index is -0.195. The first-order chi connectivity index (χ1) is 8.13. The van der Waals surface area contributed by atoms with Crippen molar-refractivity contribution in [3.8, 4) is 0 Å². The van der Waals surface area contributed by atoms with Crippen molar-refractivity contribution >= 4 is 6.09 Å². The summed E-state index contributed by atoms with van der Waals surface area (Å²) in [7, 11) is 0. The zero-order valence-corrected chi connectivity index (χ0v) is 11.3. The van der Waals surface area contributed by atoms with Gasteiger partial charge in [0.15, 0.2) is 0 Å². The highest BCUT2D eigenvalue weighted by Gasteiger charge is 2.20. The molecule has 0 N–H and O–H groups in total. The Balaban J connectivity index is 2.32. The van der Waals surface area contributed by atoms with E-state index in [1.165, 1.54) is 32.1 Å². The third-order valence-electron chi connectivity index (χ3n) is 3.27. The largest absolute Gasteiger partial charge is 0.449 e. The summed E-state index contributed by atoms with van der Waals surface area (Å²) in [4.78, 5) is 13.6. The second kappa shape index (κ2) is 7.57. The molecule has 1 radical (unpaired) electrons. The molecule has 0 spiro atoms. The zero-order chi connectivity index (χ0) is 12.7. The predicted octanol–water partition coefficient (Wildman–Crippen LogP) is 3.50. The number of hydrogen-bond acceptors (Lipinski definition) is 2. The van der Waals surface area contributed by atoms with Gasteiger partial charge in [-0.2, -0.15) is 0 Å². The predicted molar refractivity (Wildman–Crippen MR) is 69.7 cm³/mol. The van der Waals surface area contributed by atoms with Crippen LogP contribution in [0, 0.1) is 18.8 Å². The van der Waals surface area contributed by atoms with Gasteiger partial charge < -0.3 is 9.64 Å². The monoisotopic (exact) mass is 240 g/mol. The van der Waals surface area contributed by atoms with E-state index in [1.807, 2.05) is 13.8 Å². The SMILES string of the molecule is [CH2]CN(CC1CCCCC1)C(=O)OCC(C)C. The normalized spacial score (nSPS) is 17.2. The molecular weight excluding hydrogens is 214 g/mol. The van der Waals surface area contributed by atoms with Crippen molar-refractivity contribution in [3.63, 3.8) is 0 Å². The molecule has 0 heterocycles. The Kier molecular flexibility index (Phi) is 6.38. The maximum absolute atomic E-state index is 11.8. The molecule has 99 valence electrons. The Morgan fingerprint density at radius 1 is 1.35 bits per heavy atom. The van der Waals surface area contributed by atoms with Crippen molar-refractivity contribution in [2.24, 2.45) is 11.8 Å². The number of ether oxygens (including phenoxy) is 1. The number of hydrogen-bond donors (Lipinski definition) is 0. The Labute approximate surface area is 106 Å². The summed E-state index contributed by atoms with van der Waals surface area (Å²) in [6.07, 6.45) is 6.24. The van der Waals surface area contributed by atoms with Gasteiger partial charge in [0.2, 0.25) is 0 Å². The Hall–Kier alpha value is -0.730. The van der Waals surface area contributed by atoms with E-state index in [0.717, 1.165) is 6.54 Å². The Morgan fingerprint density at radius 3 is 2.53 bits per heavy atom. The van der Waals surface area contributed by atoms with E-state index in [0.29, 0.717) is 25.0 Å². The first-order valence-electron chi connectivity index (χ1n) is 6.84. The van der Waals surface area contributed by atoms with Crippen LogP contribution in [0.25, 0.3) is 0 Å². The molecule has 1 fully saturated rings. The lowest BCUT2D eigenvalue weighted by molar-refractivity contribution is 0.0874. The smallest absolute Gasteiger partial charge is 0.409 e. The molecule has 0 aromatic rings. The van der Waals surface area contributed by atoms with Crippen LogP contribution in [-0.2, 0) is 4.74 Å². The molecule has 1 saturated carbocycles. The van der Waals surface area contributed by atoms with Gasteiger partial charge in [-0.1, -0.05) is 33.1 Å². The van der Waals surface area contributed by atoms with E-state index < -0.39 is 0 Å². The molecule has 0 bridgehead atoms. The molecule has 0 saturated heterocycles. The van der Waals surface area contributed by atoms with Crippen molar-refractivity contribution in [2.45, 2.75) is 46.0 Å². The summed E-state index contributed by atoms with van der Waals surface area (Å²) in [5.41, 5.74) is 0. The first-order valence-corrected chi connectivity index (χ1v) is 6.84. The highest BCUT2D eigenvalue weighted by atomic mass is 16.6. The minimum Gasteiger partial charge on any atom is -0.449 e. The molecule has 0 unspecified atom stereocenters. The van der Waals surface area contributed by atoms with Crippen molar-refractivity contribution in [1.29, 1.82) is 0 Å². The summed E-state index contributed by atoms with van der Waals surface area (Å²) in [5.74, 6) is 1.04. The lowest BCUT2D eigenvalue weighted by Gasteiger charge is -2.28. The number of amides is 1. The third kappa shape index (κ3) is 5.42. The molecule has 0 atom stereocenters. The van der Waals surface area contributed by atoms with E-state index in [9.17, 15) is 4.79 Å². The minimum absolute atomic E-state index is 0.195. The van der Waals surface area contributed by atoms with Crippen molar-refractivity contribution in [2.75, 3.05) is 19.7 Å². The lowest BCUT2D eigenvalue weighted by Crippen LogP contribution is -2.36. The van der Waals surface area contributed by atoms with Gasteiger partial charge in [0.25, 0.3) is 0 Å². The van der Waals surface area contributed by atoms with E-state index in [4.69, 9.17) is 4.74 Å². The lowest BCUT2D eigenvalue weighted by atomic mass is 9.89. The van der Waals surface area contributed by atoms with Gasteiger partial charge >= 0.3 is 6.09 Å². The van der Waals surface area contributed by atoms with Crippen molar-refractivity contribution in [1.82, 2.24) is 4.90 Å². The van der Waals surface area contributed by atoms with Crippen LogP contribution in [0.2, 0.25) is 0 Å². The van der Waals surface area contributed by atoms with Crippen LogP contribution in [0.1, 0.15) is 46.0 Å². The quantitative estimate of drug-likeness (QED) is 0.736. The van der Waals surface area contributed by atoms with Crippen LogP contribution < -0.4 is 0 Å². The van der Waals surface area contributed by atoms with Crippen LogP contribution in [-0.4, -0.2) is 30.7 Å². The second-order valence-electron chi connectivity index (χ2n) is 5.42. The van der Waals surface area contributed by atoms with E-state index in [-0.39, 0.29) is 6.09 Å². The summed E-state index contributed by atoms with van der Waals surface area (Å²) < 4.78 is 5.25. The Bertz CT molecular complexity index is 222. The number of rotatable bonds is 5. The number of nitrogens with zero attached hydrogens (tertiary/aromatic N) is 1. The molecule has 0 aliphatic heterocycles. The van der Waals surface area contributed by atoms with Crippen molar-refractivity contribution < 1.29 is 9.53 Å². The molecule has 1 aliphatic rings. The summed E-state index contributed by atoms with van der Waals surface area (Å²) in [6, 6.07) is 0. The van der Waals surface area contributed by atoms with Crippen LogP contribution in [0.4, 0.5) is 4.79 Å². The average Bonchev–Trinajstić information content (AvgIpc) is 2.34. The van der Waals surface area contributed by atoms with Crippen LogP contribution in [0.3, 0.4) is 0 Å². The fraction of sp³-hybridized carbons (Fsp3) is 0.857. The van der Waals surface area contributed by atoms with E-state index in [1.54, 1.807) is 4.90 Å². The third-order valence-corrected chi connectivity index (χ3v) is 3.27. The van der Waals surface area contributed by atoms with Gasteiger partial charge in [0.1, 0.15) is 0 Å². The molecule has 3 nitrogen and oxygen atoms in total. The fourth-order valence-corrected chi connectivity index (χ4v) is 2.27. The van der Waals surface area contributed by atoms with E-state index in [2.05, 4.69) is 6.92 Å². The van der Waals surface area contributed by atoms with Gasteiger partial charge in [0, 0.05) is 13.1 Å².